The van der Waals surface area contributed by atoms with Crippen LogP contribution in [0.3, 0.4) is 0 Å². The summed E-state index contributed by atoms with van der Waals surface area (Å²) < 4.78 is 5.46. The van der Waals surface area contributed by atoms with Crippen LogP contribution >= 0.6 is 0 Å². The quantitative estimate of drug-likeness (QED) is 0.652. The van der Waals surface area contributed by atoms with Crippen molar-refractivity contribution in [1.82, 2.24) is 14.7 Å². The standard InChI is InChI=1S/C25H34N4O3/c1-4-32-23-11-7-21(8-12-23)17-27(3)25(31)19-29-15-13-28(14-16-29)18-24(30)26-22-9-5-20(2)6-10-22/h5-12H,4,13-19H2,1-3H3,(H,26,30). The van der Waals surface area contributed by atoms with E-state index < -0.39 is 0 Å². The molecule has 7 heteroatoms. The molecular weight excluding hydrogens is 404 g/mol. The Hall–Kier alpha value is -2.90. The molecule has 0 bridgehead atoms. The van der Waals surface area contributed by atoms with Crippen LogP contribution in [0.5, 0.6) is 5.75 Å². The Balaban J connectivity index is 1.37. The van der Waals surface area contributed by atoms with Gasteiger partial charge in [0.25, 0.3) is 0 Å². The maximum absolute atomic E-state index is 12.7. The summed E-state index contributed by atoms with van der Waals surface area (Å²) in [6.45, 7) is 9.07. The monoisotopic (exact) mass is 438 g/mol. The van der Waals surface area contributed by atoms with E-state index in [4.69, 9.17) is 4.74 Å². The number of ether oxygens (including phenoxy) is 1. The lowest BCUT2D eigenvalue weighted by Gasteiger charge is -2.34. The van der Waals surface area contributed by atoms with E-state index in [1.165, 1.54) is 5.56 Å². The highest BCUT2D eigenvalue weighted by Crippen LogP contribution is 2.14. The highest BCUT2D eigenvalue weighted by molar-refractivity contribution is 5.92. The van der Waals surface area contributed by atoms with Crippen LogP contribution in [0.25, 0.3) is 0 Å². The first-order valence-electron chi connectivity index (χ1n) is 11.2. The van der Waals surface area contributed by atoms with Gasteiger partial charge in [-0.05, 0) is 43.7 Å². The van der Waals surface area contributed by atoms with Gasteiger partial charge in [-0.15, -0.1) is 0 Å². The average Bonchev–Trinajstić information content (AvgIpc) is 2.78. The molecule has 1 fully saturated rings. The summed E-state index contributed by atoms with van der Waals surface area (Å²) in [5, 5.41) is 2.95. The molecule has 0 atom stereocenters. The number of piperazine rings is 1. The van der Waals surface area contributed by atoms with Gasteiger partial charge in [0.15, 0.2) is 0 Å². The molecule has 1 aliphatic rings. The number of carbonyl (C=O) groups excluding carboxylic acids is 2. The zero-order valence-electron chi connectivity index (χ0n) is 19.3. The summed E-state index contributed by atoms with van der Waals surface area (Å²) in [5.41, 5.74) is 3.06. The molecule has 0 radical (unpaired) electrons. The van der Waals surface area contributed by atoms with Crippen molar-refractivity contribution in [2.75, 3.05) is 58.2 Å². The van der Waals surface area contributed by atoms with Crippen LogP contribution in [0.2, 0.25) is 0 Å². The van der Waals surface area contributed by atoms with Crippen molar-refractivity contribution in [2.45, 2.75) is 20.4 Å². The van der Waals surface area contributed by atoms with E-state index in [9.17, 15) is 9.59 Å². The molecule has 7 nitrogen and oxygen atoms in total. The van der Waals surface area contributed by atoms with Crippen LogP contribution < -0.4 is 10.1 Å². The van der Waals surface area contributed by atoms with E-state index in [1.54, 1.807) is 4.90 Å². The Kier molecular flexibility index (Phi) is 8.64. The molecule has 0 aromatic heterocycles. The van der Waals surface area contributed by atoms with Gasteiger partial charge in [0.2, 0.25) is 11.8 Å². The molecule has 172 valence electrons. The number of carbonyl (C=O) groups is 2. The van der Waals surface area contributed by atoms with Crippen LogP contribution in [-0.4, -0.2) is 79.4 Å². The second kappa shape index (κ2) is 11.6. The van der Waals surface area contributed by atoms with E-state index in [2.05, 4.69) is 15.1 Å². The number of aryl methyl sites for hydroxylation is 1. The first-order valence-corrected chi connectivity index (χ1v) is 11.2. The van der Waals surface area contributed by atoms with Crippen molar-refractivity contribution in [2.24, 2.45) is 0 Å². The average molecular weight is 439 g/mol. The fourth-order valence-corrected chi connectivity index (χ4v) is 3.68. The molecule has 1 saturated heterocycles. The minimum Gasteiger partial charge on any atom is -0.494 e. The number of nitrogens with zero attached hydrogens (tertiary/aromatic N) is 3. The Labute approximate surface area is 190 Å². The van der Waals surface area contributed by atoms with Crippen molar-refractivity contribution in [1.29, 1.82) is 0 Å². The van der Waals surface area contributed by atoms with Crippen molar-refractivity contribution in [3.63, 3.8) is 0 Å². The SMILES string of the molecule is CCOc1ccc(CN(C)C(=O)CN2CCN(CC(=O)Nc3ccc(C)cc3)CC2)cc1. The topological polar surface area (TPSA) is 65.1 Å². The van der Waals surface area contributed by atoms with Gasteiger partial charge >= 0.3 is 0 Å². The Bertz CT molecular complexity index is 875. The minimum atomic E-state index is -0.00605. The van der Waals surface area contributed by atoms with Crippen LogP contribution in [0, 0.1) is 6.92 Å². The molecule has 2 aromatic carbocycles. The van der Waals surface area contributed by atoms with Crippen LogP contribution in [0.1, 0.15) is 18.1 Å². The lowest BCUT2D eigenvalue weighted by molar-refractivity contribution is -0.132. The summed E-state index contributed by atoms with van der Waals surface area (Å²) in [5.74, 6) is 0.938. The molecule has 1 N–H and O–H groups in total. The second-order valence-electron chi connectivity index (χ2n) is 8.29. The lowest BCUT2D eigenvalue weighted by Crippen LogP contribution is -2.51. The fraction of sp³-hybridized carbons (Fsp3) is 0.440. The highest BCUT2D eigenvalue weighted by atomic mass is 16.5. The fourth-order valence-electron chi connectivity index (χ4n) is 3.68. The maximum atomic E-state index is 12.7. The lowest BCUT2D eigenvalue weighted by atomic mass is 10.2. The first-order chi connectivity index (χ1) is 15.4. The van der Waals surface area contributed by atoms with E-state index in [-0.39, 0.29) is 11.8 Å². The number of likely N-dealkylation sites (N-methyl/N-ethyl adjacent to an activating group) is 1. The van der Waals surface area contributed by atoms with Gasteiger partial charge in [-0.2, -0.15) is 0 Å². The van der Waals surface area contributed by atoms with Crippen molar-refractivity contribution >= 4 is 17.5 Å². The van der Waals surface area contributed by atoms with Crippen LogP contribution in [0.4, 0.5) is 5.69 Å². The van der Waals surface area contributed by atoms with Gasteiger partial charge in [0.1, 0.15) is 5.75 Å². The summed E-state index contributed by atoms with van der Waals surface area (Å²) in [6, 6.07) is 15.7. The third kappa shape index (κ3) is 7.35. The molecule has 0 unspecified atom stereocenters. The van der Waals surface area contributed by atoms with E-state index >= 15 is 0 Å². The largest absolute Gasteiger partial charge is 0.494 e. The number of nitrogens with one attached hydrogen (secondary N) is 1. The summed E-state index contributed by atoms with van der Waals surface area (Å²) in [4.78, 5) is 31.0. The predicted molar refractivity (Wildman–Crippen MR) is 127 cm³/mol. The van der Waals surface area contributed by atoms with Gasteiger partial charge in [-0.1, -0.05) is 29.8 Å². The molecular formula is C25H34N4O3. The summed E-state index contributed by atoms with van der Waals surface area (Å²) in [7, 11) is 1.84. The first kappa shape index (κ1) is 23.8. The molecule has 3 rings (SSSR count). The van der Waals surface area contributed by atoms with Crippen molar-refractivity contribution in [3.8, 4) is 5.75 Å². The van der Waals surface area contributed by atoms with Crippen LogP contribution in [0.15, 0.2) is 48.5 Å². The smallest absolute Gasteiger partial charge is 0.238 e. The zero-order valence-corrected chi connectivity index (χ0v) is 19.3. The summed E-state index contributed by atoms with van der Waals surface area (Å²) in [6.07, 6.45) is 0. The minimum absolute atomic E-state index is 0.00605. The van der Waals surface area contributed by atoms with E-state index in [0.717, 1.165) is 43.2 Å². The van der Waals surface area contributed by atoms with Crippen molar-refractivity contribution < 1.29 is 14.3 Å². The van der Waals surface area contributed by atoms with Crippen LogP contribution in [-0.2, 0) is 16.1 Å². The Morgan fingerprint density at radius 2 is 1.53 bits per heavy atom. The number of hydrogen-bond acceptors (Lipinski definition) is 5. The van der Waals surface area contributed by atoms with Crippen molar-refractivity contribution in [3.05, 3.63) is 59.7 Å². The zero-order chi connectivity index (χ0) is 22.9. The molecule has 1 aliphatic heterocycles. The van der Waals surface area contributed by atoms with Gasteiger partial charge in [-0.25, -0.2) is 0 Å². The molecule has 0 spiro atoms. The number of amides is 2. The second-order valence-corrected chi connectivity index (χ2v) is 8.29. The third-order valence-corrected chi connectivity index (χ3v) is 5.61. The number of anilines is 1. The molecule has 32 heavy (non-hydrogen) atoms. The Morgan fingerprint density at radius 1 is 0.938 bits per heavy atom. The number of benzene rings is 2. The van der Waals surface area contributed by atoms with Gasteiger partial charge in [0, 0.05) is 45.5 Å². The van der Waals surface area contributed by atoms with Gasteiger partial charge in [-0.3, -0.25) is 19.4 Å². The Morgan fingerprint density at radius 3 is 2.12 bits per heavy atom. The molecule has 0 saturated carbocycles. The normalized spacial score (nSPS) is 14.7. The molecule has 2 aromatic rings. The molecule has 0 aliphatic carbocycles. The van der Waals surface area contributed by atoms with E-state index in [1.807, 2.05) is 69.4 Å². The third-order valence-electron chi connectivity index (χ3n) is 5.61. The van der Waals surface area contributed by atoms with Gasteiger partial charge < -0.3 is 15.0 Å². The molecule has 1 heterocycles. The maximum Gasteiger partial charge on any atom is 0.238 e. The molecule has 2 amide bonds. The summed E-state index contributed by atoms with van der Waals surface area (Å²) >= 11 is 0. The number of hydrogen-bond donors (Lipinski definition) is 1. The van der Waals surface area contributed by atoms with E-state index in [0.29, 0.717) is 26.2 Å². The predicted octanol–water partition coefficient (Wildman–Crippen LogP) is 2.61. The van der Waals surface area contributed by atoms with Gasteiger partial charge in [0.05, 0.1) is 19.7 Å². The highest BCUT2D eigenvalue weighted by Gasteiger charge is 2.22. The number of rotatable bonds is 9.